The van der Waals surface area contributed by atoms with Gasteiger partial charge in [-0.2, -0.15) is 21.4 Å². The molecule has 0 spiro atoms. The number of aromatic hydroxyl groups is 1. The number of nitrogens with zero attached hydrogens (tertiary/aromatic N) is 4. The fraction of sp³-hybridized carbons (Fsp3) is 0.324. The second-order valence-corrected chi connectivity index (χ2v) is 17.3. The normalized spacial score (nSPS) is 19.8. The highest BCUT2D eigenvalue weighted by Gasteiger charge is 2.44. The molecular weight excluding hydrogens is 709 g/mol. The van der Waals surface area contributed by atoms with Gasteiger partial charge in [-0.1, -0.05) is 26.0 Å². The van der Waals surface area contributed by atoms with Crippen molar-refractivity contribution >= 4 is 42.9 Å². The van der Waals surface area contributed by atoms with Gasteiger partial charge in [0.2, 0.25) is 11.6 Å². The van der Waals surface area contributed by atoms with Crippen molar-refractivity contribution in [3.8, 4) is 5.88 Å². The molecule has 13 nitrogen and oxygen atoms in total. The lowest BCUT2D eigenvalue weighted by Crippen LogP contribution is -2.38. The summed E-state index contributed by atoms with van der Waals surface area (Å²) in [4.78, 5) is 28.0. The van der Waals surface area contributed by atoms with Crippen molar-refractivity contribution < 1.29 is 35.6 Å². The fourth-order valence-electron chi connectivity index (χ4n) is 7.74. The first-order valence-electron chi connectivity index (χ1n) is 16.4. The second kappa shape index (κ2) is 12.1. The molecule has 3 aliphatic rings. The number of fused-ring (bicyclic) bond motifs is 2. The molecule has 0 fully saturated rings. The van der Waals surface area contributed by atoms with Crippen LogP contribution in [0.1, 0.15) is 57.2 Å². The molecule has 274 valence electrons. The Hall–Kier alpha value is -4.83. The predicted octanol–water partition coefficient (Wildman–Crippen LogP) is 4.33. The molecule has 0 amide bonds. The third kappa shape index (κ3) is 5.72. The van der Waals surface area contributed by atoms with E-state index in [0.29, 0.717) is 29.5 Å². The molecule has 0 saturated heterocycles. The number of allylic oxidation sites excluding steroid dienone is 8. The van der Waals surface area contributed by atoms with Crippen molar-refractivity contribution in [1.29, 1.82) is 0 Å². The minimum Gasteiger partial charge on any atom is -0.494 e. The van der Waals surface area contributed by atoms with Crippen molar-refractivity contribution in [1.82, 2.24) is 9.13 Å². The van der Waals surface area contributed by atoms with Crippen molar-refractivity contribution in [2.45, 2.75) is 61.2 Å². The lowest BCUT2D eigenvalue weighted by molar-refractivity contribution is -0.401. The molecule has 2 aliphatic heterocycles. The number of likely N-dealkylation sites (N-methyl/N-ethyl adjacent to an activating group) is 1. The summed E-state index contributed by atoms with van der Waals surface area (Å²) in [6.45, 7) is 7.76. The van der Waals surface area contributed by atoms with Crippen molar-refractivity contribution in [2.75, 3.05) is 19.0 Å². The largest absolute Gasteiger partial charge is 0.494 e. The summed E-state index contributed by atoms with van der Waals surface area (Å²) < 4.78 is 71.0. The van der Waals surface area contributed by atoms with Gasteiger partial charge in [0.1, 0.15) is 12.6 Å². The van der Waals surface area contributed by atoms with E-state index in [0.717, 1.165) is 43.1 Å². The summed E-state index contributed by atoms with van der Waals surface area (Å²) in [6, 6.07) is 8.92. The minimum absolute atomic E-state index is 0.0309. The Morgan fingerprint density at radius 2 is 1.38 bits per heavy atom. The molecule has 0 unspecified atom stereocenters. The van der Waals surface area contributed by atoms with E-state index >= 15 is 0 Å². The van der Waals surface area contributed by atoms with Crippen LogP contribution in [0.25, 0.3) is 5.57 Å². The third-order valence-corrected chi connectivity index (χ3v) is 12.4. The molecule has 1 aromatic heterocycles. The molecule has 1 aliphatic carbocycles. The maximum Gasteiger partial charge on any atom is 0.333 e. The molecule has 2 aromatic carbocycles. The number of rotatable bonds is 6. The lowest BCUT2D eigenvalue weighted by atomic mass is 9.81. The summed E-state index contributed by atoms with van der Waals surface area (Å²) in [7, 11) is -2.41. The van der Waals surface area contributed by atoms with Crippen LogP contribution in [-0.2, 0) is 45.2 Å². The molecule has 3 N–H and O–H groups in total. The van der Waals surface area contributed by atoms with Crippen molar-refractivity contribution in [2.24, 2.45) is 14.1 Å². The van der Waals surface area contributed by atoms with Gasteiger partial charge in [0.15, 0.2) is 5.71 Å². The number of aromatic nitrogens is 2. The van der Waals surface area contributed by atoms with Gasteiger partial charge in [0.25, 0.3) is 25.8 Å². The Morgan fingerprint density at radius 1 is 0.788 bits per heavy atom. The highest BCUT2D eigenvalue weighted by Crippen LogP contribution is 2.48. The topological polar surface area (TPSA) is 179 Å². The minimum atomic E-state index is -4.42. The molecule has 52 heavy (non-hydrogen) atoms. The molecular formula is C37H41N4O9S2+. The number of hydrogen-bond donors (Lipinski definition) is 3. The summed E-state index contributed by atoms with van der Waals surface area (Å²) in [5, 5.41) is 11.3. The van der Waals surface area contributed by atoms with Gasteiger partial charge < -0.3 is 10.0 Å². The van der Waals surface area contributed by atoms with Gasteiger partial charge in [-0.15, -0.1) is 0 Å². The highest BCUT2D eigenvalue weighted by atomic mass is 32.2. The Bertz CT molecular complexity index is 2620. The first kappa shape index (κ1) is 36.9. The zero-order valence-corrected chi connectivity index (χ0v) is 31.7. The Balaban J connectivity index is 1.51. The van der Waals surface area contributed by atoms with E-state index in [4.69, 9.17) is 0 Å². The molecule has 3 aromatic rings. The Morgan fingerprint density at radius 3 is 2.00 bits per heavy atom. The van der Waals surface area contributed by atoms with Gasteiger partial charge in [0.05, 0.1) is 15.2 Å². The zero-order chi connectivity index (χ0) is 38.5. The standard InChI is InChI=1S/C37H40N4O9S2/c1-36(2)25-19-23(51(45,46)47)13-15-27(25)38(5)29(36)17-11-21-9-10-22(31(21)32-33(42)40(7)35(44)41(8)34(32)43)12-18-30-37(3,4)26-20-24(52(48,49)50)14-16-28(26)39(30)6/h11-20H,9-10H2,1-8H3,(H2,45,46,47,48,49,50)/p+1. The van der Waals surface area contributed by atoms with Gasteiger partial charge in [0, 0.05) is 55.6 Å². The average Bonchev–Trinajstić information content (AvgIpc) is 3.61. The van der Waals surface area contributed by atoms with Gasteiger partial charge in [-0.25, -0.2) is 4.79 Å². The van der Waals surface area contributed by atoms with Gasteiger partial charge >= 0.3 is 5.69 Å². The van der Waals surface area contributed by atoms with E-state index in [-0.39, 0.29) is 15.4 Å². The molecule has 15 heteroatoms. The van der Waals surface area contributed by atoms with Crippen LogP contribution in [0.15, 0.2) is 96.9 Å². The summed E-state index contributed by atoms with van der Waals surface area (Å²) in [6.07, 6.45) is 8.50. The van der Waals surface area contributed by atoms with Gasteiger partial charge in [-0.05, 0) is 85.4 Å². The Kier molecular flexibility index (Phi) is 8.61. The highest BCUT2D eigenvalue weighted by molar-refractivity contribution is 7.86. The summed E-state index contributed by atoms with van der Waals surface area (Å²) in [5.41, 5.74) is 3.75. The molecule has 6 rings (SSSR count). The summed E-state index contributed by atoms with van der Waals surface area (Å²) in [5.74, 6) is -0.478. The van der Waals surface area contributed by atoms with E-state index < -0.39 is 48.2 Å². The molecule has 0 saturated carbocycles. The van der Waals surface area contributed by atoms with E-state index in [1.807, 2.05) is 75.6 Å². The number of anilines is 1. The maximum atomic E-state index is 13.7. The van der Waals surface area contributed by atoms with Crippen LogP contribution >= 0.6 is 0 Å². The van der Waals surface area contributed by atoms with E-state index in [1.165, 1.54) is 38.4 Å². The predicted molar refractivity (Wildman–Crippen MR) is 198 cm³/mol. The van der Waals surface area contributed by atoms with E-state index in [2.05, 4.69) is 0 Å². The second-order valence-electron chi connectivity index (χ2n) is 14.4. The van der Waals surface area contributed by atoms with Crippen LogP contribution in [0.3, 0.4) is 0 Å². The van der Waals surface area contributed by atoms with Crippen LogP contribution in [0.5, 0.6) is 5.88 Å². The van der Waals surface area contributed by atoms with Crippen molar-refractivity contribution in [3.63, 3.8) is 0 Å². The SMILES string of the molecule is CN1C(=CC=C2CCC(C=CC3=[N+](C)c4ccc(S(=O)(=O)O)cc4C3(C)C)=C2c2c(O)n(C)c(=O)n(C)c2=O)C(C)(C)c2cc(S(=O)(=O)O)ccc21. The first-order valence-corrected chi connectivity index (χ1v) is 19.3. The lowest BCUT2D eigenvalue weighted by Gasteiger charge is -2.24. The van der Waals surface area contributed by atoms with Crippen LogP contribution in [0, 0.1) is 0 Å². The summed E-state index contributed by atoms with van der Waals surface area (Å²) >= 11 is 0. The smallest absolute Gasteiger partial charge is 0.333 e. The molecule has 3 heterocycles. The third-order valence-electron chi connectivity index (χ3n) is 10.7. The van der Waals surface area contributed by atoms with Gasteiger partial charge in [-0.3, -0.25) is 23.0 Å². The monoisotopic (exact) mass is 749 g/mol. The number of hydrogen-bond acceptors (Lipinski definition) is 8. The first-order chi connectivity index (χ1) is 24.0. The van der Waals surface area contributed by atoms with Crippen LogP contribution in [0.2, 0.25) is 0 Å². The van der Waals surface area contributed by atoms with Crippen LogP contribution in [-0.4, -0.2) is 64.6 Å². The molecule has 0 radical (unpaired) electrons. The van der Waals surface area contributed by atoms with E-state index in [9.17, 15) is 40.6 Å². The Labute approximate surface area is 302 Å². The zero-order valence-electron chi connectivity index (χ0n) is 30.1. The molecule has 0 atom stereocenters. The quantitative estimate of drug-likeness (QED) is 0.243. The van der Waals surface area contributed by atoms with Crippen LogP contribution < -0.4 is 16.1 Å². The van der Waals surface area contributed by atoms with Crippen LogP contribution in [0.4, 0.5) is 11.4 Å². The molecule has 0 bridgehead atoms. The maximum absolute atomic E-state index is 13.7. The average molecular weight is 750 g/mol. The number of benzene rings is 2. The van der Waals surface area contributed by atoms with E-state index in [1.54, 1.807) is 12.1 Å². The fourth-order valence-corrected chi connectivity index (χ4v) is 8.76. The van der Waals surface area contributed by atoms with Crippen molar-refractivity contribution in [3.05, 3.63) is 115 Å².